The van der Waals surface area contributed by atoms with Gasteiger partial charge in [0.15, 0.2) is 0 Å². The van der Waals surface area contributed by atoms with Crippen molar-refractivity contribution in [1.29, 1.82) is 0 Å². The van der Waals surface area contributed by atoms with E-state index in [1.165, 1.54) is 15.7 Å². The summed E-state index contributed by atoms with van der Waals surface area (Å²) in [5.74, 6) is -2.71. The number of allylic oxidation sites excluding steroid dienone is 2. The quantitative estimate of drug-likeness (QED) is 0.298. The van der Waals surface area contributed by atoms with Crippen molar-refractivity contribution < 1.29 is 32.3 Å². The van der Waals surface area contributed by atoms with Crippen LogP contribution in [0.15, 0.2) is 65.4 Å². The van der Waals surface area contributed by atoms with Crippen LogP contribution in [0.2, 0.25) is 0 Å². The lowest BCUT2D eigenvalue weighted by Crippen LogP contribution is -2.60. The summed E-state index contributed by atoms with van der Waals surface area (Å²) in [6.45, 7) is 9.08. The SMILES string of the molecule is C=C[C@@H]1CC1(NC(=O)[C@@H]1CC2CN1C(=O)[C@H](C(C)(C)C)NC(=O)OCCC/C=C/Cc1c(-c3ccc4ccsc4c3)cnn2c1=O)C(=O)NS(=O)(=O)C1CC1. The smallest absolute Gasteiger partial charge is 0.407 e. The van der Waals surface area contributed by atoms with Gasteiger partial charge in [-0.3, -0.25) is 23.9 Å². The minimum Gasteiger partial charge on any atom is -0.450 e. The molecule has 14 nitrogen and oxygen atoms in total. The maximum atomic E-state index is 14.6. The summed E-state index contributed by atoms with van der Waals surface area (Å²) in [5.41, 5.74) is -0.791. The predicted molar refractivity (Wildman–Crippen MR) is 208 cm³/mol. The van der Waals surface area contributed by atoms with Crippen molar-refractivity contribution in [3.8, 4) is 11.1 Å². The summed E-state index contributed by atoms with van der Waals surface area (Å²) in [6, 6.07) is 4.91. The van der Waals surface area contributed by atoms with Crippen LogP contribution in [0.4, 0.5) is 4.79 Å². The number of benzene rings is 1. The zero-order valence-electron chi connectivity index (χ0n) is 31.1. The van der Waals surface area contributed by atoms with E-state index >= 15 is 0 Å². The molecule has 0 radical (unpaired) electrons. The average molecular weight is 791 g/mol. The predicted octanol–water partition coefficient (Wildman–Crippen LogP) is 3.97. The maximum absolute atomic E-state index is 14.6. The van der Waals surface area contributed by atoms with Crippen LogP contribution in [-0.4, -0.2) is 82.9 Å². The molecule has 5 atom stereocenters. The Morgan fingerprint density at radius 2 is 1.93 bits per heavy atom. The number of hydrogen-bond acceptors (Lipinski definition) is 10. The molecule has 16 heteroatoms. The lowest BCUT2D eigenvalue weighted by Gasteiger charge is -2.35. The number of sulfonamides is 1. The van der Waals surface area contributed by atoms with Crippen LogP contribution in [0.1, 0.15) is 70.9 Å². The number of thiophene rings is 1. The van der Waals surface area contributed by atoms with E-state index in [0.29, 0.717) is 36.8 Å². The molecule has 292 valence electrons. The average Bonchev–Trinajstić information content (AvgIpc) is 4.02. The Labute approximate surface area is 323 Å². The highest BCUT2D eigenvalue weighted by Gasteiger charge is 2.62. The lowest BCUT2D eigenvalue weighted by atomic mass is 9.85. The topological polar surface area (TPSA) is 186 Å². The number of ether oxygens (including phenoxy) is 1. The van der Waals surface area contributed by atoms with Gasteiger partial charge in [-0.05, 0) is 72.4 Å². The van der Waals surface area contributed by atoms with Gasteiger partial charge < -0.3 is 20.3 Å². The van der Waals surface area contributed by atoms with Gasteiger partial charge in [0.05, 0.1) is 24.1 Å². The van der Waals surface area contributed by atoms with Crippen LogP contribution in [0.5, 0.6) is 0 Å². The van der Waals surface area contributed by atoms with Crippen molar-refractivity contribution in [2.24, 2.45) is 11.3 Å². The fourth-order valence-electron chi connectivity index (χ4n) is 7.49. The fraction of sp³-hybridized carbons (Fsp3) is 0.487. The monoisotopic (exact) mass is 790 g/mol. The number of nitrogens with zero attached hydrogens (tertiary/aromatic N) is 3. The van der Waals surface area contributed by atoms with E-state index in [1.807, 2.05) is 41.8 Å². The van der Waals surface area contributed by atoms with Gasteiger partial charge in [0.2, 0.25) is 21.8 Å². The van der Waals surface area contributed by atoms with Crippen LogP contribution in [0.25, 0.3) is 21.2 Å². The molecule has 4 aliphatic rings. The van der Waals surface area contributed by atoms with E-state index in [-0.39, 0.29) is 38.0 Å². The Balaban J connectivity index is 1.27. The molecule has 7 rings (SSSR count). The van der Waals surface area contributed by atoms with E-state index in [2.05, 4.69) is 27.0 Å². The third kappa shape index (κ3) is 7.70. The molecular weight excluding hydrogens is 745 g/mol. The number of rotatable bonds is 7. The van der Waals surface area contributed by atoms with Crippen molar-refractivity contribution in [3.63, 3.8) is 0 Å². The van der Waals surface area contributed by atoms with E-state index in [1.54, 1.807) is 38.3 Å². The van der Waals surface area contributed by atoms with E-state index < -0.39 is 74.1 Å². The number of aromatic nitrogens is 2. The molecule has 2 unspecified atom stereocenters. The number of cyclic esters (lactones) is 1. The molecule has 4 amide bonds. The molecule has 4 bridgehead atoms. The van der Waals surface area contributed by atoms with Gasteiger partial charge in [0.25, 0.3) is 11.5 Å². The van der Waals surface area contributed by atoms with Gasteiger partial charge in [-0.15, -0.1) is 17.9 Å². The molecule has 2 aliphatic carbocycles. The largest absolute Gasteiger partial charge is 0.450 e. The summed E-state index contributed by atoms with van der Waals surface area (Å²) in [4.78, 5) is 71.4. The van der Waals surface area contributed by atoms with Crippen LogP contribution in [-0.2, 0) is 35.6 Å². The van der Waals surface area contributed by atoms with Gasteiger partial charge in [-0.2, -0.15) is 5.10 Å². The standard InChI is InChI=1S/C39H46N6O8S2/c1-5-25-20-39(25,36(49)43-55(51,52)27-13-14-27)42-33(46)30-19-26-22-44(30)35(48)32(38(2,3)4)41-37(50)53-16-9-7-6-8-10-28-29(21-40-45(26)34(28)47)24-12-11-23-15-17-54-31(23)18-24/h5-6,8,11-12,15,17-18,21,25-27,30,32H,1,7,9-10,13-14,16,19-20,22H2,2-4H3,(H,41,50)(H,42,46)(H,43,49)/b8-6+/t25-,26?,30+,32-,39?/m1/s1. The summed E-state index contributed by atoms with van der Waals surface area (Å²) in [7, 11) is -3.92. The zero-order valence-corrected chi connectivity index (χ0v) is 32.7. The molecule has 2 aromatic heterocycles. The number of fused-ring (bicyclic) bond motifs is 6. The van der Waals surface area contributed by atoms with E-state index in [9.17, 15) is 32.4 Å². The van der Waals surface area contributed by atoms with Crippen molar-refractivity contribution >= 4 is 55.3 Å². The number of amides is 4. The molecule has 3 aromatic rings. The minimum atomic E-state index is -3.92. The summed E-state index contributed by atoms with van der Waals surface area (Å²) in [6.07, 6.45) is 8.56. The Morgan fingerprint density at radius 3 is 2.64 bits per heavy atom. The first-order valence-electron chi connectivity index (χ1n) is 18.6. The Kier molecular flexibility index (Phi) is 10.3. The van der Waals surface area contributed by atoms with E-state index in [4.69, 9.17) is 4.74 Å². The summed E-state index contributed by atoms with van der Waals surface area (Å²) >= 11 is 1.60. The minimum absolute atomic E-state index is 0.0433. The molecule has 1 saturated heterocycles. The van der Waals surface area contributed by atoms with Crippen LogP contribution >= 0.6 is 11.3 Å². The first-order valence-corrected chi connectivity index (χ1v) is 21.0. The molecule has 4 heterocycles. The second-order valence-electron chi connectivity index (χ2n) is 15.9. The Hall–Kier alpha value is -4.83. The van der Waals surface area contributed by atoms with Crippen molar-refractivity contribution in [2.75, 3.05) is 13.2 Å². The second kappa shape index (κ2) is 14.7. The molecule has 2 aliphatic heterocycles. The van der Waals surface area contributed by atoms with Crippen molar-refractivity contribution in [2.45, 2.75) is 94.6 Å². The first-order chi connectivity index (χ1) is 26.1. The molecule has 2 saturated carbocycles. The number of carbonyl (C=O) groups excluding carboxylic acids is 4. The Morgan fingerprint density at radius 1 is 1.15 bits per heavy atom. The van der Waals surface area contributed by atoms with Gasteiger partial charge >= 0.3 is 6.09 Å². The summed E-state index contributed by atoms with van der Waals surface area (Å²) in [5, 5.41) is 12.6. The highest BCUT2D eigenvalue weighted by molar-refractivity contribution is 7.91. The van der Waals surface area contributed by atoms with Crippen LogP contribution in [0.3, 0.4) is 0 Å². The molecular formula is C39H46N6O8S2. The van der Waals surface area contributed by atoms with Crippen LogP contribution < -0.4 is 20.9 Å². The van der Waals surface area contributed by atoms with E-state index in [0.717, 1.165) is 15.6 Å². The third-order valence-corrected chi connectivity index (χ3v) is 13.6. The molecule has 3 N–H and O–H groups in total. The third-order valence-electron chi connectivity index (χ3n) is 10.9. The summed E-state index contributed by atoms with van der Waals surface area (Å²) < 4.78 is 35.5. The van der Waals surface area contributed by atoms with Crippen LogP contribution in [0, 0.1) is 11.3 Å². The van der Waals surface area contributed by atoms with Crippen molar-refractivity contribution in [1.82, 2.24) is 30.0 Å². The molecule has 0 spiro atoms. The lowest BCUT2D eigenvalue weighted by molar-refractivity contribution is -0.142. The highest BCUT2D eigenvalue weighted by Crippen LogP contribution is 2.46. The van der Waals surface area contributed by atoms with Gasteiger partial charge in [-0.25, -0.2) is 17.9 Å². The number of hydrogen-bond donors (Lipinski definition) is 3. The molecule has 1 aromatic carbocycles. The highest BCUT2D eigenvalue weighted by atomic mass is 32.2. The molecule has 3 fully saturated rings. The van der Waals surface area contributed by atoms with Crippen molar-refractivity contribution in [3.05, 3.63) is 76.6 Å². The van der Waals surface area contributed by atoms with Gasteiger partial charge in [0, 0.05) is 34.7 Å². The zero-order chi connectivity index (χ0) is 39.3. The maximum Gasteiger partial charge on any atom is 0.407 e. The second-order valence-corrected chi connectivity index (χ2v) is 18.8. The fourth-order valence-corrected chi connectivity index (χ4v) is 9.69. The molecule has 55 heavy (non-hydrogen) atoms. The van der Waals surface area contributed by atoms with Gasteiger partial charge in [0.1, 0.15) is 17.6 Å². The number of alkyl carbamates (subject to hydrolysis) is 1. The number of nitrogens with one attached hydrogen (secondary N) is 3. The number of carbonyl (C=O) groups is 4. The Bertz CT molecular complexity index is 2250. The normalized spacial score (nSPS) is 26.7. The van der Waals surface area contributed by atoms with Gasteiger partial charge in [-0.1, -0.05) is 51.1 Å². The first kappa shape index (κ1) is 38.4.